The van der Waals surface area contributed by atoms with E-state index in [0.717, 1.165) is 16.8 Å². The minimum atomic E-state index is -3.53. The van der Waals surface area contributed by atoms with Gasteiger partial charge in [0.2, 0.25) is 21.8 Å². The van der Waals surface area contributed by atoms with Crippen molar-refractivity contribution in [3.8, 4) is 0 Å². The van der Waals surface area contributed by atoms with Gasteiger partial charge in [-0.1, -0.05) is 55.5 Å². The van der Waals surface area contributed by atoms with Gasteiger partial charge in [0.1, 0.15) is 6.04 Å². The Labute approximate surface area is 212 Å². The average molecular weight is 509 g/mol. The first-order valence-electron chi connectivity index (χ1n) is 11.9. The van der Waals surface area contributed by atoms with E-state index in [-0.39, 0.29) is 29.7 Å². The zero-order valence-electron chi connectivity index (χ0n) is 20.6. The Kier molecular flexibility index (Phi) is 9.72. The third kappa shape index (κ3) is 7.73. The molecule has 3 rings (SSSR count). The minimum Gasteiger partial charge on any atom is -0.349 e. The second-order valence-corrected chi connectivity index (χ2v) is 10.1. The second kappa shape index (κ2) is 12.9. The lowest BCUT2D eigenvalue weighted by Gasteiger charge is -2.29. The van der Waals surface area contributed by atoms with Crippen molar-refractivity contribution in [2.75, 3.05) is 6.54 Å². The van der Waals surface area contributed by atoms with Crippen LogP contribution in [-0.2, 0) is 39.1 Å². The molecule has 0 aliphatic heterocycles. The highest BCUT2D eigenvalue weighted by Gasteiger charge is 2.26. The van der Waals surface area contributed by atoms with Crippen molar-refractivity contribution in [3.05, 3.63) is 95.8 Å². The van der Waals surface area contributed by atoms with Crippen molar-refractivity contribution in [1.29, 1.82) is 0 Å². The lowest BCUT2D eigenvalue weighted by molar-refractivity contribution is -0.140. The number of benzene rings is 2. The van der Waals surface area contributed by atoms with Gasteiger partial charge in [0.05, 0.1) is 17.1 Å². The molecule has 0 spiro atoms. The largest absolute Gasteiger partial charge is 0.349 e. The van der Waals surface area contributed by atoms with Gasteiger partial charge in [0, 0.05) is 25.7 Å². The quantitative estimate of drug-likeness (QED) is 0.391. The van der Waals surface area contributed by atoms with E-state index in [9.17, 15) is 18.0 Å². The van der Waals surface area contributed by atoms with Gasteiger partial charge in [-0.05, 0) is 48.7 Å². The number of amides is 2. The van der Waals surface area contributed by atoms with Crippen molar-refractivity contribution in [1.82, 2.24) is 19.9 Å². The first kappa shape index (κ1) is 27.0. The Hall–Kier alpha value is -3.56. The Morgan fingerprint density at radius 3 is 2.28 bits per heavy atom. The predicted molar refractivity (Wildman–Crippen MR) is 138 cm³/mol. The molecule has 36 heavy (non-hydrogen) atoms. The molecular weight excluding hydrogens is 476 g/mol. The summed E-state index contributed by atoms with van der Waals surface area (Å²) >= 11 is 0. The number of nitrogens with zero attached hydrogens (tertiary/aromatic N) is 2. The van der Waals surface area contributed by atoms with E-state index in [4.69, 9.17) is 0 Å². The Balaban J connectivity index is 1.67. The number of sulfonamides is 1. The molecule has 3 aromatic rings. The molecule has 2 aromatic carbocycles. The van der Waals surface area contributed by atoms with Crippen LogP contribution in [0.2, 0.25) is 0 Å². The molecule has 9 heteroatoms. The molecule has 0 aliphatic carbocycles. The number of pyridine rings is 1. The van der Waals surface area contributed by atoms with Crippen LogP contribution in [0.5, 0.6) is 0 Å². The van der Waals surface area contributed by atoms with Crippen LogP contribution in [0.25, 0.3) is 0 Å². The fourth-order valence-corrected chi connectivity index (χ4v) is 4.74. The Morgan fingerprint density at radius 1 is 0.944 bits per heavy atom. The third-order valence-corrected chi connectivity index (χ3v) is 7.29. The SMILES string of the molecule is CCNS(=O)(=O)c1ccc(CCC(=O)N(Cc2ccccc2)C(C)C(=O)NCc2ccccn2)cc1. The van der Waals surface area contributed by atoms with Gasteiger partial charge in [-0.25, -0.2) is 13.1 Å². The first-order valence-corrected chi connectivity index (χ1v) is 13.4. The standard InChI is InChI=1S/C27H32N4O4S/c1-3-30-36(34,35)25-15-12-22(13-16-25)14-17-26(32)31(20-23-9-5-4-6-10-23)21(2)27(33)29-19-24-11-7-8-18-28-24/h4-13,15-16,18,21,30H,3,14,17,19-20H2,1-2H3,(H,29,33). The van der Waals surface area contributed by atoms with E-state index in [0.29, 0.717) is 19.5 Å². The summed E-state index contributed by atoms with van der Waals surface area (Å²) in [4.78, 5) is 32.2. The first-order chi connectivity index (χ1) is 17.3. The van der Waals surface area contributed by atoms with Gasteiger partial charge in [0.15, 0.2) is 0 Å². The maximum atomic E-state index is 13.3. The van der Waals surface area contributed by atoms with E-state index in [1.165, 1.54) is 12.1 Å². The smallest absolute Gasteiger partial charge is 0.242 e. The fraction of sp³-hybridized carbons (Fsp3) is 0.296. The number of carbonyl (C=O) groups is 2. The highest BCUT2D eigenvalue weighted by Crippen LogP contribution is 2.15. The molecule has 0 fully saturated rings. The van der Waals surface area contributed by atoms with Crippen molar-refractivity contribution in [3.63, 3.8) is 0 Å². The summed E-state index contributed by atoms with van der Waals surface area (Å²) in [6.07, 6.45) is 2.27. The molecule has 1 heterocycles. The van der Waals surface area contributed by atoms with Crippen molar-refractivity contribution in [2.45, 2.75) is 50.7 Å². The Morgan fingerprint density at radius 2 is 1.64 bits per heavy atom. The van der Waals surface area contributed by atoms with Crippen LogP contribution in [0, 0.1) is 0 Å². The molecule has 0 saturated heterocycles. The van der Waals surface area contributed by atoms with E-state index in [1.807, 2.05) is 48.5 Å². The summed E-state index contributed by atoms with van der Waals surface area (Å²) in [6, 6.07) is 20.8. The maximum absolute atomic E-state index is 13.3. The molecule has 1 atom stereocenters. The zero-order chi connectivity index (χ0) is 26.0. The van der Waals surface area contributed by atoms with Crippen molar-refractivity contribution < 1.29 is 18.0 Å². The summed E-state index contributed by atoms with van der Waals surface area (Å²) in [5.74, 6) is -0.424. The highest BCUT2D eigenvalue weighted by atomic mass is 32.2. The number of hydrogen-bond donors (Lipinski definition) is 2. The van der Waals surface area contributed by atoms with Crippen LogP contribution in [0.1, 0.15) is 37.1 Å². The maximum Gasteiger partial charge on any atom is 0.242 e. The fourth-order valence-electron chi connectivity index (χ4n) is 3.69. The Bertz CT molecular complexity index is 1230. The summed E-state index contributed by atoms with van der Waals surface area (Å²) in [7, 11) is -3.53. The molecule has 0 bridgehead atoms. The zero-order valence-corrected chi connectivity index (χ0v) is 21.4. The van der Waals surface area contributed by atoms with Gasteiger partial charge in [-0.3, -0.25) is 14.6 Å². The van der Waals surface area contributed by atoms with Gasteiger partial charge in [0.25, 0.3) is 0 Å². The van der Waals surface area contributed by atoms with Gasteiger partial charge >= 0.3 is 0 Å². The van der Waals surface area contributed by atoms with Crippen LogP contribution in [0.4, 0.5) is 0 Å². The molecule has 2 amide bonds. The number of aromatic nitrogens is 1. The summed E-state index contributed by atoms with van der Waals surface area (Å²) in [6.45, 7) is 4.33. The third-order valence-electron chi connectivity index (χ3n) is 5.73. The molecule has 0 saturated carbocycles. The average Bonchev–Trinajstić information content (AvgIpc) is 2.90. The normalized spacial score (nSPS) is 12.1. The molecule has 2 N–H and O–H groups in total. The van der Waals surface area contributed by atoms with Crippen LogP contribution in [-0.4, -0.2) is 42.7 Å². The number of rotatable bonds is 12. The molecular formula is C27H32N4O4S. The van der Waals surface area contributed by atoms with Crippen LogP contribution < -0.4 is 10.0 Å². The molecule has 190 valence electrons. The minimum absolute atomic E-state index is 0.163. The molecule has 0 radical (unpaired) electrons. The van der Waals surface area contributed by atoms with E-state index in [2.05, 4.69) is 15.0 Å². The molecule has 1 unspecified atom stereocenters. The summed E-state index contributed by atoms with van der Waals surface area (Å²) in [5.41, 5.74) is 2.50. The van der Waals surface area contributed by atoms with Crippen molar-refractivity contribution in [2.24, 2.45) is 0 Å². The lowest BCUT2D eigenvalue weighted by atomic mass is 10.1. The number of nitrogens with one attached hydrogen (secondary N) is 2. The molecule has 8 nitrogen and oxygen atoms in total. The van der Waals surface area contributed by atoms with E-state index in [1.54, 1.807) is 37.1 Å². The van der Waals surface area contributed by atoms with Crippen LogP contribution in [0.3, 0.4) is 0 Å². The summed E-state index contributed by atoms with van der Waals surface area (Å²) in [5, 5.41) is 2.87. The number of hydrogen-bond acceptors (Lipinski definition) is 5. The highest BCUT2D eigenvalue weighted by molar-refractivity contribution is 7.89. The lowest BCUT2D eigenvalue weighted by Crippen LogP contribution is -2.47. The van der Waals surface area contributed by atoms with E-state index < -0.39 is 16.1 Å². The predicted octanol–water partition coefficient (Wildman–Crippen LogP) is 3.05. The summed E-state index contributed by atoms with van der Waals surface area (Å²) < 4.78 is 26.7. The number of aryl methyl sites for hydroxylation is 1. The van der Waals surface area contributed by atoms with Crippen molar-refractivity contribution >= 4 is 21.8 Å². The second-order valence-electron chi connectivity index (χ2n) is 8.37. The van der Waals surface area contributed by atoms with E-state index >= 15 is 0 Å². The number of carbonyl (C=O) groups excluding carboxylic acids is 2. The molecule has 1 aromatic heterocycles. The van der Waals surface area contributed by atoms with Gasteiger partial charge in [-0.15, -0.1) is 0 Å². The van der Waals surface area contributed by atoms with Crippen LogP contribution in [0.15, 0.2) is 83.9 Å². The van der Waals surface area contributed by atoms with Gasteiger partial charge in [-0.2, -0.15) is 0 Å². The van der Waals surface area contributed by atoms with Crippen LogP contribution >= 0.6 is 0 Å². The topological polar surface area (TPSA) is 108 Å². The monoisotopic (exact) mass is 508 g/mol. The molecule has 0 aliphatic rings. The van der Waals surface area contributed by atoms with Gasteiger partial charge < -0.3 is 10.2 Å².